The van der Waals surface area contributed by atoms with Crippen molar-refractivity contribution in [2.75, 3.05) is 32.7 Å². The van der Waals surface area contributed by atoms with Crippen LogP contribution in [0.5, 0.6) is 0 Å². The molecule has 22 heavy (non-hydrogen) atoms. The Morgan fingerprint density at radius 2 is 1.86 bits per heavy atom. The molecule has 0 aromatic heterocycles. The van der Waals surface area contributed by atoms with Crippen molar-refractivity contribution in [2.24, 2.45) is 17.8 Å². The highest BCUT2D eigenvalue weighted by Gasteiger charge is 2.21. The summed E-state index contributed by atoms with van der Waals surface area (Å²) in [5, 5.41) is 15.1. The minimum Gasteiger partial charge on any atom is -0.393 e. The number of piperidine rings is 1. The van der Waals surface area contributed by atoms with Gasteiger partial charge in [0.25, 0.3) is 0 Å². The third kappa shape index (κ3) is 8.59. The minimum atomic E-state index is -0.311. The Balaban J connectivity index is 2.05. The molecule has 0 aromatic carbocycles. The Hall–Kier alpha value is -0.810. The van der Waals surface area contributed by atoms with Crippen LogP contribution in [0.3, 0.4) is 0 Å². The first kappa shape index (κ1) is 19.2. The molecular weight excluding hydrogens is 278 g/mol. The molecule has 0 bridgehead atoms. The van der Waals surface area contributed by atoms with Gasteiger partial charge in [-0.2, -0.15) is 0 Å². The van der Waals surface area contributed by atoms with Gasteiger partial charge in [-0.05, 0) is 50.5 Å². The van der Waals surface area contributed by atoms with E-state index in [1.54, 1.807) is 6.92 Å². The fourth-order valence-electron chi connectivity index (χ4n) is 3.47. The van der Waals surface area contributed by atoms with E-state index in [0.29, 0.717) is 18.9 Å². The molecule has 4 atom stereocenters. The molecule has 0 radical (unpaired) electrons. The Labute approximate surface area is 135 Å². The zero-order valence-corrected chi connectivity index (χ0v) is 14.8. The van der Waals surface area contributed by atoms with Crippen LogP contribution in [-0.2, 0) is 0 Å². The zero-order chi connectivity index (χ0) is 16.5. The second kappa shape index (κ2) is 10.1. The fraction of sp³-hybridized carbons (Fsp3) is 0.941. The van der Waals surface area contributed by atoms with E-state index in [0.717, 1.165) is 31.3 Å². The average molecular weight is 313 g/mol. The van der Waals surface area contributed by atoms with Gasteiger partial charge in [-0.25, -0.2) is 4.79 Å². The molecule has 1 fully saturated rings. The molecule has 130 valence electrons. The van der Waals surface area contributed by atoms with E-state index in [9.17, 15) is 9.90 Å². The first-order valence-corrected chi connectivity index (χ1v) is 8.79. The van der Waals surface area contributed by atoms with Crippen molar-refractivity contribution < 1.29 is 9.90 Å². The quantitative estimate of drug-likeness (QED) is 0.601. The standard InChI is InChI=1S/C17H35N3O2/c1-13(9-16(4)21)10-19-17(22)18-6-5-7-20-11-14(2)8-15(3)12-20/h13-16,21H,5-12H2,1-4H3,(H2,18,19,22). The maximum atomic E-state index is 11.7. The van der Waals surface area contributed by atoms with Gasteiger partial charge < -0.3 is 20.6 Å². The number of hydrogen-bond acceptors (Lipinski definition) is 3. The van der Waals surface area contributed by atoms with Crippen LogP contribution in [0, 0.1) is 17.8 Å². The van der Waals surface area contributed by atoms with E-state index in [2.05, 4.69) is 29.4 Å². The molecule has 1 rings (SSSR count). The highest BCUT2D eigenvalue weighted by Crippen LogP contribution is 2.20. The maximum absolute atomic E-state index is 11.7. The van der Waals surface area contributed by atoms with Crippen LogP contribution in [-0.4, -0.2) is 54.9 Å². The first-order chi connectivity index (χ1) is 10.4. The van der Waals surface area contributed by atoms with E-state index in [1.165, 1.54) is 19.5 Å². The Morgan fingerprint density at radius 1 is 1.23 bits per heavy atom. The third-order valence-corrected chi connectivity index (χ3v) is 4.24. The van der Waals surface area contributed by atoms with E-state index in [-0.39, 0.29) is 12.1 Å². The summed E-state index contributed by atoms with van der Waals surface area (Å²) in [7, 11) is 0. The number of rotatable bonds is 8. The summed E-state index contributed by atoms with van der Waals surface area (Å²) in [5.41, 5.74) is 0. The van der Waals surface area contributed by atoms with Crippen molar-refractivity contribution in [2.45, 2.75) is 53.1 Å². The lowest BCUT2D eigenvalue weighted by Gasteiger charge is -2.34. The highest BCUT2D eigenvalue weighted by molar-refractivity contribution is 5.73. The van der Waals surface area contributed by atoms with Crippen LogP contribution in [0.15, 0.2) is 0 Å². The number of carbonyl (C=O) groups is 1. The number of aliphatic hydroxyl groups is 1. The van der Waals surface area contributed by atoms with Crippen LogP contribution in [0.25, 0.3) is 0 Å². The van der Waals surface area contributed by atoms with Crippen molar-refractivity contribution in [3.8, 4) is 0 Å². The Bertz CT molecular complexity index is 313. The van der Waals surface area contributed by atoms with Gasteiger partial charge in [0.1, 0.15) is 0 Å². The molecular formula is C17H35N3O2. The molecule has 3 N–H and O–H groups in total. The lowest BCUT2D eigenvalue weighted by molar-refractivity contribution is 0.139. The number of likely N-dealkylation sites (tertiary alicyclic amines) is 1. The van der Waals surface area contributed by atoms with Gasteiger partial charge in [-0.1, -0.05) is 20.8 Å². The maximum Gasteiger partial charge on any atom is 0.314 e. The molecule has 4 unspecified atom stereocenters. The van der Waals surface area contributed by atoms with Crippen LogP contribution < -0.4 is 10.6 Å². The first-order valence-electron chi connectivity index (χ1n) is 8.79. The van der Waals surface area contributed by atoms with Crippen LogP contribution >= 0.6 is 0 Å². The number of amides is 2. The van der Waals surface area contributed by atoms with Crippen LogP contribution in [0.4, 0.5) is 4.79 Å². The Morgan fingerprint density at radius 3 is 2.45 bits per heavy atom. The van der Waals surface area contributed by atoms with Gasteiger partial charge >= 0.3 is 6.03 Å². The average Bonchev–Trinajstić information content (AvgIpc) is 2.39. The van der Waals surface area contributed by atoms with Crippen molar-refractivity contribution in [1.82, 2.24) is 15.5 Å². The van der Waals surface area contributed by atoms with Crippen molar-refractivity contribution in [3.63, 3.8) is 0 Å². The highest BCUT2D eigenvalue weighted by atomic mass is 16.3. The lowest BCUT2D eigenvalue weighted by Crippen LogP contribution is -2.41. The molecule has 5 nitrogen and oxygen atoms in total. The molecule has 2 amide bonds. The van der Waals surface area contributed by atoms with E-state index in [1.807, 2.05) is 6.92 Å². The molecule has 0 saturated carbocycles. The summed E-state index contributed by atoms with van der Waals surface area (Å²) in [6, 6.07) is -0.0992. The van der Waals surface area contributed by atoms with E-state index in [4.69, 9.17) is 0 Å². The van der Waals surface area contributed by atoms with Gasteiger partial charge in [0.15, 0.2) is 0 Å². The van der Waals surface area contributed by atoms with Gasteiger partial charge in [0.2, 0.25) is 0 Å². The van der Waals surface area contributed by atoms with Crippen molar-refractivity contribution in [3.05, 3.63) is 0 Å². The number of nitrogens with one attached hydrogen (secondary N) is 2. The summed E-state index contributed by atoms with van der Waals surface area (Å²) in [6.07, 6.45) is 2.73. The second-order valence-corrected chi connectivity index (χ2v) is 7.39. The SMILES string of the molecule is CC(O)CC(C)CNC(=O)NCCCN1CC(C)CC(C)C1. The van der Waals surface area contributed by atoms with Crippen LogP contribution in [0.1, 0.15) is 47.0 Å². The molecule has 5 heteroatoms. The van der Waals surface area contributed by atoms with Gasteiger partial charge in [0.05, 0.1) is 6.10 Å². The summed E-state index contributed by atoms with van der Waals surface area (Å²) in [5.74, 6) is 1.87. The predicted octanol–water partition coefficient (Wildman–Crippen LogP) is 2.06. The third-order valence-electron chi connectivity index (χ3n) is 4.24. The van der Waals surface area contributed by atoms with E-state index < -0.39 is 0 Å². The zero-order valence-electron chi connectivity index (χ0n) is 14.8. The molecule has 0 aromatic rings. The fourth-order valence-corrected chi connectivity index (χ4v) is 3.47. The normalized spacial score (nSPS) is 25.5. The largest absolute Gasteiger partial charge is 0.393 e. The van der Waals surface area contributed by atoms with Crippen molar-refractivity contribution in [1.29, 1.82) is 0 Å². The lowest BCUT2D eigenvalue weighted by atomic mass is 9.92. The van der Waals surface area contributed by atoms with Gasteiger partial charge in [0, 0.05) is 26.2 Å². The van der Waals surface area contributed by atoms with Gasteiger partial charge in [-0.15, -0.1) is 0 Å². The second-order valence-electron chi connectivity index (χ2n) is 7.39. The van der Waals surface area contributed by atoms with E-state index >= 15 is 0 Å². The monoisotopic (exact) mass is 313 g/mol. The summed E-state index contributed by atoms with van der Waals surface area (Å²) in [4.78, 5) is 14.2. The minimum absolute atomic E-state index is 0.0992. The Kier molecular flexibility index (Phi) is 8.79. The number of urea groups is 1. The molecule has 1 aliphatic heterocycles. The molecule has 1 heterocycles. The number of aliphatic hydroxyl groups excluding tert-OH is 1. The predicted molar refractivity (Wildman–Crippen MR) is 90.9 cm³/mol. The number of carbonyl (C=O) groups excluding carboxylic acids is 1. The van der Waals surface area contributed by atoms with Crippen molar-refractivity contribution >= 4 is 6.03 Å². The molecule has 0 aliphatic carbocycles. The summed E-state index contributed by atoms with van der Waals surface area (Å²) >= 11 is 0. The summed E-state index contributed by atoms with van der Waals surface area (Å²) in [6.45, 7) is 13.2. The molecule has 1 saturated heterocycles. The smallest absolute Gasteiger partial charge is 0.314 e. The summed E-state index contributed by atoms with van der Waals surface area (Å²) < 4.78 is 0. The van der Waals surface area contributed by atoms with Gasteiger partial charge in [-0.3, -0.25) is 0 Å². The number of hydrogen-bond donors (Lipinski definition) is 3. The number of nitrogens with zero attached hydrogens (tertiary/aromatic N) is 1. The van der Waals surface area contributed by atoms with Crippen LogP contribution in [0.2, 0.25) is 0 Å². The topological polar surface area (TPSA) is 64.6 Å². The molecule has 0 spiro atoms. The molecule has 1 aliphatic rings.